The standard InChI is InChI=1S/C20H26N2O3/c1-14-12-17(18(23)21-11-10-20(3,4)19(24)25)15(2)22(14)13-16-8-6-5-7-9-16/h5-9,12H,10-11,13H2,1-4H3,(H,21,23)(H,24,25). The number of aliphatic carboxylic acids is 1. The van der Waals surface area contributed by atoms with E-state index in [0.717, 1.165) is 17.9 Å². The minimum Gasteiger partial charge on any atom is -0.481 e. The third-order valence-electron chi connectivity index (χ3n) is 4.62. The SMILES string of the molecule is Cc1cc(C(=O)NCCC(C)(C)C(=O)O)c(C)n1Cc1ccccc1. The molecular weight excluding hydrogens is 316 g/mol. The number of nitrogens with one attached hydrogen (secondary N) is 1. The Labute approximate surface area is 148 Å². The summed E-state index contributed by atoms with van der Waals surface area (Å²) in [6, 6.07) is 12.0. The van der Waals surface area contributed by atoms with Gasteiger partial charge in [0.2, 0.25) is 0 Å². The molecule has 0 atom stereocenters. The molecule has 0 unspecified atom stereocenters. The van der Waals surface area contributed by atoms with E-state index in [-0.39, 0.29) is 5.91 Å². The fourth-order valence-corrected chi connectivity index (χ4v) is 2.73. The van der Waals surface area contributed by atoms with Gasteiger partial charge in [-0.1, -0.05) is 30.3 Å². The molecule has 0 bridgehead atoms. The van der Waals surface area contributed by atoms with Gasteiger partial charge in [-0.15, -0.1) is 0 Å². The molecule has 0 aliphatic carbocycles. The van der Waals surface area contributed by atoms with Gasteiger partial charge in [0.05, 0.1) is 11.0 Å². The first-order valence-electron chi connectivity index (χ1n) is 8.44. The first-order valence-corrected chi connectivity index (χ1v) is 8.44. The highest BCUT2D eigenvalue weighted by atomic mass is 16.4. The summed E-state index contributed by atoms with van der Waals surface area (Å²) in [5.74, 6) is -1.02. The summed E-state index contributed by atoms with van der Waals surface area (Å²) in [6.07, 6.45) is 0.386. The highest BCUT2D eigenvalue weighted by molar-refractivity contribution is 5.95. The molecule has 134 valence electrons. The van der Waals surface area contributed by atoms with Crippen LogP contribution in [0.3, 0.4) is 0 Å². The third kappa shape index (κ3) is 4.50. The van der Waals surface area contributed by atoms with E-state index in [0.29, 0.717) is 18.5 Å². The van der Waals surface area contributed by atoms with E-state index in [4.69, 9.17) is 5.11 Å². The van der Waals surface area contributed by atoms with E-state index in [9.17, 15) is 9.59 Å². The summed E-state index contributed by atoms with van der Waals surface area (Å²) in [6.45, 7) is 8.30. The van der Waals surface area contributed by atoms with Gasteiger partial charge < -0.3 is 15.0 Å². The molecule has 0 fully saturated rings. The van der Waals surface area contributed by atoms with Gasteiger partial charge in [-0.05, 0) is 45.7 Å². The topological polar surface area (TPSA) is 71.3 Å². The lowest BCUT2D eigenvalue weighted by Crippen LogP contribution is -2.32. The van der Waals surface area contributed by atoms with Crippen molar-refractivity contribution >= 4 is 11.9 Å². The summed E-state index contributed by atoms with van der Waals surface area (Å²) >= 11 is 0. The summed E-state index contributed by atoms with van der Waals surface area (Å²) in [5.41, 5.74) is 2.91. The number of hydrogen-bond acceptors (Lipinski definition) is 2. The largest absolute Gasteiger partial charge is 0.481 e. The Morgan fingerprint density at radius 1 is 1.16 bits per heavy atom. The zero-order valence-electron chi connectivity index (χ0n) is 15.3. The Morgan fingerprint density at radius 3 is 2.40 bits per heavy atom. The predicted molar refractivity (Wildman–Crippen MR) is 97.8 cm³/mol. The fourth-order valence-electron chi connectivity index (χ4n) is 2.73. The number of rotatable bonds is 7. The molecule has 0 spiro atoms. The number of aromatic nitrogens is 1. The molecule has 0 saturated heterocycles. The number of carboxylic acids is 1. The summed E-state index contributed by atoms with van der Waals surface area (Å²) < 4.78 is 2.12. The maximum Gasteiger partial charge on any atom is 0.309 e. The van der Waals surface area contributed by atoms with Gasteiger partial charge in [0, 0.05) is 24.5 Å². The quantitative estimate of drug-likeness (QED) is 0.810. The first kappa shape index (κ1) is 18.8. The number of amides is 1. The van der Waals surface area contributed by atoms with Crippen LogP contribution in [0, 0.1) is 19.3 Å². The zero-order chi connectivity index (χ0) is 18.6. The van der Waals surface area contributed by atoms with Crippen LogP contribution in [0.5, 0.6) is 0 Å². The van der Waals surface area contributed by atoms with Crippen LogP contribution in [0.2, 0.25) is 0 Å². The Morgan fingerprint density at radius 2 is 1.80 bits per heavy atom. The van der Waals surface area contributed by atoms with E-state index in [2.05, 4.69) is 22.0 Å². The Bertz CT molecular complexity index is 761. The van der Waals surface area contributed by atoms with Crippen molar-refractivity contribution in [2.45, 2.75) is 40.7 Å². The van der Waals surface area contributed by atoms with Crippen LogP contribution in [0.4, 0.5) is 0 Å². The summed E-state index contributed by atoms with van der Waals surface area (Å²) in [4.78, 5) is 23.6. The molecule has 2 aromatic rings. The van der Waals surface area contributed by atoms with Gasteiger partial charge in [-0.3, -0.25) is 9.59 Å². The lowest BCUT2D eigenvalue weighted by molar-refractivity contribution is -0.147. The van der Waals surface area contributed by atoms with Crippen LogP contribution in [-0.2, 0) is 11.3 Å². The average molecular weight is 342 g/mol. The number of carboxylic acid groups (broad SMARTS) is 1. The van der Waals surface area contributed by atoms with Crippen LogP contribution in [0.15, 0.2) is 36.4 Å². The van der Waals surface area contributed by atoms with Crippen LogP contribution in [0.1, 0.15) is 47.6 Å². The van der Waals surface area contributed by atoms with Crippen molar-refractivity contribution in [2.24, 2.45) is 5.41 Å². The molecule has 2 N–H and O–H groups in total. The lowest BCUT2D eigenvalue weighted by atomic mass is 9.90. The van der Waals surface area contributed by atoms with Crippen LogP contribution in [-0.4, -0.2) is 28.1 Å². The van der Waals surface area contributed by atoms with E-state index in [1.165, 1.54) is 5.56 Å². The maximum atomic E-state index is 12.5. The molecule has 1 amide bonds. The molecular formula is C20H26N2O3. The number of carbonyl (C=O) groups is 2. The number of benzene rings is 1. The maximum absolute atomic E-state index is 12.5. The average Bonchev–Trinajstić information content (AvgIpc) is 2.83. The molecule has 5 nitrogen and oxygen atoms in total. The van der Waals surface area contributed by atoms with Crippen molar-refractivity contribution in [3.63, 3.8) is 0 Å². The van der Waals surface area contributed by atoms with Crippen LogP contribution < -0.4 is 5.32 Å². The van der Waals surface area contributed by atoms with Crippen molar-refractivity contribution in [1.29, 1.82) is 0 Å². The Hall–Kier alpha value is -2.56. The van der Waals surface area contributed by atoms with Crippen molar-refractivity contribution in [1.82, 2.24) is 9.88 Å². The summed E-state index contributed by atoms with van der Waals surface area (Å²) in [5, 5.41) is 12.0. The molecule has 2 rings (SSSR count). The van der Waals surface area contributed by atoms with Crippen LogP contribution >= 0.6 is 0 Å². The third-order valence-corrected chi connectivity index (χ3v) is 4.62. The molecule has 5 heteroatoms. The molecule has 0 aliphatic rings. The minimum absolute atomic E-state index is 0.159. The summed E-state index contributed by atoms with van der Waals surface area (Å²) in [7, 11) is 0. The van der Waals surface area contributed by atoms with Gasteiger partial charge in [0.15, 0.2) is 0 Å². The van der Waals surface area contributed by atoms with Gasteiger partial charge in [0.25, 0.3) is 5.91 Å². The monoisotopic (exact) mass is 342 g/mol. The second kappa shape index (κ2) is 7.55. The molecule has 0 aliphatic heterocycles. The smallest absolute Gasteiger partial charge is 0.309 e. The fraction of sp³-hybridized carbons (Fsp3) is 0.400. The molecule has 25 heavy (non-hydrogen) atoms. The molecule has 1 aromatic carbocycles. The van der Waals surface area contributed by atoms with E-state index < -0.39 is 11.4 Å². The van der Waals surface area contributed by atoms with E-state index in [1.807, 2.05) is 38.1 Å². The normalized spacial score (nSPS) is 11.4. The number of carbonyl (C=O) groups excluding carboxylic acids is 1. The Kier molecular flexibility index (Phi) is 5.67. The number of aryl methyl sites for hydroxylation is 1. The van der Waals surface area contributed by atoms with Gasteiger partial charge in [0.1, 0.15) is 0 Å². The zero-order valence-corrected chi connectivity index (χ0v) is 15.3. The van der Waals surface area contributed by atoms with Crippen molar-refractivity contribution < 1.29 is 14.7 Å². The van der Waals surface area contributed by atoms with E-state index >= 15 is 0 Å². The van der Waals surface area contributed by atoms with Gasteiger partial charge in [-0.25, -0.2) is 0 Å². The van der Waals surface area contributed by atoms with E-state index in [1.54, 1.807) is 13.8 Å². The molecule has 0 saturated carbocycles. The molecule has 1 heterocycles. The predicted octanol–water partition coefficient (Wildman–Crippen LogP) is 3.38. The van der Waals surface area contributed by atoms with Gasteiger partial charge >= 0.3 is 5.97 Å². The number of hydrogen-bond donors (Lipinski definition) is 2. The van der Waals surface area contributed by atoms with Crippen molar-refractivity contribution in [2.75, 3.05) is 6.54 Å². The highest BCUT2D eigenvalue weighted by Crippen LogP contribution is 2.20. The van der Waals surface area contributed by atoms with Gasteiger partial charge in [-0.2, -0.15) is 0 Å². The minimum atomic E-state index is -0.859. The highest BCUT2D eigenvalue weighted by Gasteiger charge is 2.27. The molecule has 1 aromatic heterocycles. The first-order chi connectivity index (χ1) is 11.7. The number of nitrogens with zero attached hydrogens (tertiary/aromatic N) is 1. The second-order valence-corrected chi connectivity index (χ2v) is 7.05. The van der Waals surface area contributed by atoms with Crippen molar-refractivity contribution in [3.05, 3.63) is 58.9 Å². The Balaban J connectivity index is 2.06. The second-order valence-electron chi connectivity index (χ2n) is 7.05. The van der Waals surface area contributed by atoms with Crippen molar-refractivity contribution in [3.8, 4) is 0 Å². The molecule has 0 radical (unpaired) electrons. The van der Waals surface area contributed by atoms with Crippen LogP contribution in [0.25, 0.3) is 0 Å². The lowest BCUT2D eigenvalue weighted by Gasteiger charge is -2.18.